The Morgan fingerprint density at radius 1 is 1.00 bits per heavy atom. The van der Waals surface area contributed by atoms with Crippen LogP contribution in [0.25, 0.3) is 0 Å². The Labute approximate surface area is 192 Å². The van der Waals surface area contributed by atoms with Gasteiger partial charge in [-0.3, -0.25) is 9.52 Å². The van der Waals surface area contributed by atoms with Crippen LogP contribution in [0.4, 0.5) is 10.7 Å². The van der Waals surface area contributed by atoms with Gasteiger partial charge >= 0.3 is 0 Å². The van der Waals surface area contributed by atoms with Gasteiger partial charge in [0.15, 0.2) is 0 Å². The van der Waals surface area contributed by atoms with Crippen molar-refractivity contribution >= 4 is 38.0 Å². The van der Waals surface area contributed by atoms with E-state index >= 15 is 0 Å². The molecule has 1 amide bonds. The Balaban J connectivity index is 1.48. The van der Waals surface area contributed by atoms with Crippen LogP contribution in [0.3, 0.4) is 0 Å². The zero-order valence-corrected chi connectivity index (χ0v) is 19.3. The maximum Gasteiger partial charge on any atom is 0.261 e. The third kappa shape index (κ3) is 4.69. The Morgan fingerprint density at radius 3 is 2.38 bits per heavy atom. The maximum absolute atomic E-state index is 12.8. The standard InChI is InChI=1S/C24H23N3O3S2/c1-16-7-13-19(14-8-16)32(29,30)27-18-11-9-17(10-12-18)23(28)26-24-21(15-25)20-5-3-2-4-6-22(20)31-24/h7-14,27H,2-6H2,1H3,(H,26,28). The summed E-state index contributed by atoms with van der Waals surface area (Å²) in [6.07, 6.45) is 5.15. The smallest absolute Gasteiger partial charge is 0.261 e. The molecule has 0 saturated carbocycles. The molecule has 164 valence electrons. The normalized spacial score (nSPS) is 13.5. The molecule has 0 aliphatic heterocycles. The molecule has 1 aromatic heterocycles. The molecular formula is C24H23N3O3S2. The highest BCUT2D eigenvalue weighted by atomic mass is 32.2. The van der Waals surface area contributed by atoms with E-state index in [1.807, 2.05) is 6.92 Å². The van der Waals surface area contributed by atoms with Gasteiger partial charge in [0.2, 0.25) is 0 Å². The van der Waals surface area contributed by atoms with Crippen molar-refractivity contribution < 1.29 is 13.2 Å². The van der Waals surface area contributed by atoms with Crippen LogP contribution in [0.5, 0.6) is 0 Å². The van der Waals surface area contributed by atoms with Crippen LogP contribution in [0, 0.1) is 18.3 Å². The summed E-state index contributed by atoms with van der Waals surface area (Å²) >= 11 is 1.49. The first-order chi connectivity index (χ1) is 15.4. The molecule has 0 spiro atoms. The van der Waals surface area contributed by atoms with E-state index in [4.69, 9.17) is 0 Å². The lowest BCUT2D eigenvalue weighted by atomic mass is 10.1. The highest BCUT2D eigenvalue weighted by molar-refractivity contribution is 7.92. The number of nitrogens with one attached hydrogen (secondary N) is 2. The summed E-state index contributed by atoms with van der Waals surface area (Å²) in [6.45, 7) is 1.89. The Kier molecular flexibility index (Phi) is 6.31. The highest BCUT2D eigenvalue weighted by Gasteiger charge is 2.21. The van der Waals surface area contributed by atoms with Gasteiger partial charge in [-0.2, -0.15) is 5.26 Å². The number of anilines is 2. The van der Waals surface area contributed by atoms with Crippen LogP contribution >= 0.6 is 11.3 Å². The third-order valence-corrected chi connectivity index (χ3v) is 8.10. The van der Waals surface area contributed by atoms with Gasteiger partial charge < -0.3 is 5.32 Å². The number of fused-ring (bicyclic) bond motifs is 1. The number of benzene rings is 2. The van der Waals surface area contributed by atoms with E-state index in [0.717, 1.165) is 43.2 Å². The van der Waals surface area contributed by atoms with E-state index in [1.54, 1.807) is 48.5 Å². The first kappa shape index (κ1) is 22.1. The topological polar surface area (TPSA) is 99.1 Å². The fraction of sp³-hybridized carbons (Fsp3) is 0.250. The molecule has 0 radical (unpaired) electrons. The average Bonchev–Trinajstić information content (AvgIpc) is 2.93. The molecule has 1 aliphatic carbocycles. The molecule has 0 fully saturated rings. The molecule has 0 unspecified atom stereocenters. The van der Waals surface area contributed by atoms with E-state index in [1.165, 1.54) is 16.2 Å². The SMILES string of the molecule is Cc1ccc(S(=O)(=O)Nc2ccc(C(=O)Nc3sc4c(c3C#N)CCCCC4)cc2)cc1. The number of nitriles is 1. The summed E-state index contributed by atoms with van der Waals surface area (Å²) in [7, 11) is -3.71. The molecule has 8 heteroatoms. The molecule has 6 nitrogen and oxygen atoms in total. The maximum atomic E-state index is 12.8. The Hall–Kier alpha value is -3.15. The van der Waals surface area contributed by atoms with E-state index in [9.17, 15) is 18.5 Å². The number of thiophene rings is 1. The first-order valence-corrected chi connectivity index (χ1v) is 12.7. The van der Waals surface area contributed by atoms with E-state index in [0.29, 0.717) is 21.8 Å². The van der Waals surface area contributed by atoms with E-state index in [-0.39, 0.29) is 10.8 Å². The third-order valence-electron chi connectivity index (χ3n) is 5.49. The van der Waals surface area contributed by atoms with Crippen LogP contribution in [-0.2, 0) is 22.9 Å². The van der Waals surface area contributed by atoms with Gasteiger partial charge in [0, 0.05) is 16.1 Å². The number of carbonyl (C=O) groups excluding carboxylic acids is 1. The number of aryl methyl sites for hydroxylation is 2. The van der Waals surface area contributed by atoms with Crippen LogP contribution in [0.2, 0.25) is 0 Å². The minimum atomic E-state index is -3.71. The van der Waals surface area contributed by atoms with Crippen LogP contribution < -0.4 is 10.0 Å². The van der Waals surface area contributed by atoms with Crippen molar-refractivity contribution in [3.63, 3.8) is 0 Å². The van der Waals surface area contributed by atoms with Crippen molar-refractivity contribution in [2.24, 2.45) is 0 Å². The number of hydrogen-bond acceptors (Lipinski definition) is 5. The monoisotopic (exact) mass is 465 g/mol. The van der Waals surface area contributed by atoms with Crippen LogP contribution in [0.15, 0.2) is 53.4 Å². The minimum Gasteiger partial charge on any atom is -0.312 e. The molecule has 1 heterocycles. The van der Waals surface area contributed by atoms with Gasteiger partial charge in [-0.25, -0.2) is 8.42 Å². The van der Waals surface area contributed by atoms with Gasteiger partial charge in [0.1, 0.15) is 11.1 Å². The van der Waals surface area contributed by atoms with Crippen molar-refractivity contribution in [2.45, 2.75) is 43.9 Å². The van der Waals surface area contributed by atoms with Gasteiger partial charge in [-0.1, -0.05) is 24.1 Å². The highest BCUT2D eigenvalue weighted by Crippen LogP contribution is 2.37. The van der Waals surface area contributed by atoms with Crippen molar-refractivity contribution in [1.82, 2.24) is 0 Å². The molecule has 0 saturated heterocycles. The fourth-order valence-electron chi connectivity index (χ4n) is 3.75. The van der Waals surface area contributed by atoms with E-state index in [2.05, 4.69) is 16.1 Å². The van der Waals surface area contributed by atoms with Crippen molar-refractivity contribution in [2.75, 3.05) is 10.0 Å². The second kappa shape index (κ2) is 9.15. The summed E-state index contributed by atoms with van der Waals surface area (Å²) in [5.74, 6) is -0.328. The number of nitrogens with zero attached hydrogens (tertiary/aromatic N) is 1. The zero-order chi connectivity index (χ0) is 22.7. The molecule has 0 bridgehead atoms. The van der Waals surface area contributed by atoms with Gasteiger partial charge in [-0.15, -0.1) is 11.3 Å². The largest absolute Gasteiger partial charge is 0.312 e. The predicted octanol–water partition coefficient (Wildman–Crippen LogP) is 5.25. The lowest BCUT2D eigenvalue weighted by Crippen LogP contribution is -2.14. The summed E-state index contributed by atoms with van der Waals surface area (Å²) in [5.41, 5.74) is 3.37. The summed E-state index contributed by atoms with van der Waals surface area (Å²) in [4.78, 5) is 14.1. The molecular weight excluding hydrogens is 442 g/mol. The quantitative estimate of drug-likeness (QED) is 0.503. The number of rotatable bonds is 5. The molecule has 0 atom stereocenters. The van der Waals surface area contributed by atoms with Crippen LogP contribution in [-0.4, -0.2) is 14.3 Å². The zero-order valence-electron chi connectivity index (χ0n) is 17.6. The molecule has 32 heavy (non-hydrogen) atoms. The van der Waals surface area contributed by atoms with Gasteiger partial charge in [0.05, 0.1) is 10.5 Å². The summed E-state index contributed by atoms with van der Waals surface area (Å²) < 4.78 is 27.6. The summed E-state index contributed by atoms with van der Waals surface area (Å²) in [5, 5.41) is 13.1. The fourth-order valence-corrected chi connectivity index (χ4v) is 6.04. The number of carbonyl (C=O) groups is 1. The van der Waals surface area contributed by atoms with Crippen LogP contribution in [0.1, 0.15) is 51.2 Å². The number of sulfonamides is 1. The minimum absolute atomic E-state index is 0.173. The second-order valence-electron chi connectivity index (χ2n) is 7.83. The average molecular weight is 466 g/mol. The molecule has 4 rings (SSSR count). The second-order valence-corrected chi connectivity index (χ2v) is 10.6. The molecule has 2 aromatic carbocycles. The lowest BCUT2D eigenvalue weighted by Gasteiger charge is -2.09. The Morgan fingerprint density at radius 2 is 1.69 bits per heavy atom. The number of hydrogen-bond donors (Lipinski definition) is 2. The van der Waals surface area contributed by atoms with Crippen molar-refractivity contribution in [1.29, 1.82) is 5.26 Å². The van der Waals surface area contributed by atoms with E-state index < -0.39 is 10.0 Å². The number of amides is 1. The summed E-state index contributed by atoms with van der Waals surface area (Å²) in [6, 6.07) is 15.1. The van der Waals surface area contributed by atoms with Gasteiger partial charge in [0.25, 0.3) is 15.9 Å². The Bertz CT molecular complexity index is 1290. The predicted molar refractivity (Wildman–Crippen MR) is 127 cm³/mol. The molecule has 3 aromatic rings. The van der Waals surface area contributed by atoms with Gasteiger partial charge in [-0.05, 0) is 74.6 Å². The lowest BCUT2D eigenvalue weighted by molar-refractivity contribution is 0.102. The van der Waals surface area contributed by atoms with Crippen molar-refractivity contribution in [3.05, 3.63) is 75.7 Å². The molecule has 2 N–H and O–H groups in total. The molecule has 1 aliphatic rings. The first-order valence-electron chi connectivity index (χ1n) is 10.4. The van der Waals surface area contributed by atoms with Crippen molar-refractivity contribution in [3.8, 4) is 6.07 Å².